The lowest BCUT2D eigenvalue weighted by Gasteiger charge is -2.02. The lowest BCUT2D eigenvalue weighted by Crippen LogP contribution is -1.93. The SMILES string of the molecule is O=S(O)c1ccc(Cl)cc1CBr. The van der Waals surface area contributed by atoms with Gasteiger partial charge in [-0.05, 0) is 23.8 Å². The third-order valence-electron chi connectivity index (χ3n) is 1.35. The molecule has 0 aliphatic rings. The standard InChI is InChI=1S/C7H6BrClO2S/c8-4-5-3-6(9)1-2-7(5)12(10)11/h1-3H,4H2,(H,10,11). The second-order valence-electron chi connectivity index (χ2n) is 2.13. The van der Waals surface area contributed by atoms with Crippen LogP contribution >= 0.6 is 27.5 Å². The van der Waals surface area contributed by atoms with Crippen molar-refractivity contribution in [3.63, 3.8) is 0 Å². The molecule has 1 aromatic carbocycles. The van der Waals surface area contributed by atoms with Crippen molar-refractivity contribution >= 4 is 38.6 Å². The molecular weight excluding hydrogens is 263 g/mol. The number of hydrogen-bond donors (Lipinski definition) is 1. The Morgan fingerprint density at radius 2 is 2.25 bits per heavy atom. The minimum atomic E-state index is -1.94. The van der Waals surface area contributed by atoms with Crippen LogP contribution in [0.2, 0.25) is 5.02 Å². The summed E-state index contributed by atoms with van der Waals surface area (Å²) in [7, 11) is 0. The lowest BCUT2D eigenvalue weighted by molar-refractivity contribution is 0.563. The first-order valence-electron chi connectivity index (χ1n) is 3.10. The lowest BCUT2D eigenvalue weighted by atomic mass is 10.2. The minimum Gasteiger partial charge on any atom is -0.302 e. The average Bonchev–Trinajstić information content (AvgIpc) is 2.03. The van der Waals surface area contributed by atoms with Gasteiger partial charge >= 0.3 is 0 Å². The fourth-order valence-corrected chi connectivity index (χ4v) is 2.21. The van der Waals surface area contributed by atoms with Crippen LogP contribution in [0.5, 0.6) is 0 Å². The van der Waals surface area contributed by atoms with Gasteiger partial charge in [0, 0.05) is 10.4 Å². The van der Waals surface area contributed by atoms with E-state index in [-0.39, 0.29) is 0 Å². The fraction of sp³-hybridized carbons (Fsp3) is 0.143. The molecule has 0 aliphatic carbocycles. The van der Waals surface area contributed by atoms with Crippen molar-refractivity contribution in [3.8, 4) is 0 Å². The first-order chi connectivity index (χ1) is 5.65. The van der Waals surface area contributed by atoms with Crippen LogP contribution in [0.1, 0.15) is 5.56 Å². The number of rotatable bonds is 2. The molecule has 5 heteroatoms. The fourth-order valence-electron chi connectivity index (χ4n) is 0.823. The highest BCUT2D eigenvalue weighted by Crippen LogP contribution is 2.20. The number of alkyl halides is 1. The molecule has 0 heterocycles. The molecule has 0 bridgehead atoms. The molecule has 1 aromatic rings. The molecule has 1 rings (SSSR count). The van der Waals surface area contributed by atoms with Crippen LogP contribution < -0.4 is 0 Å². The second-order valence-corrected chi connectivity index (χ2v) is 4.07. The monoisotopic (exact) mass is 268 g/mol. The summed E-state index contributed by atoms with van der Waals surface area (Å²) in [5.41, 5.74) is 0.739. The van der Waals surface area contributed by atoms with E-state index < -0.39 is 11.1 Å². The molecule has 0 aliphatic heterocycles. The van der Waals surface area contributed by atoms with Gasteiger partial charge in [0.15, 0.2) is 11.1 Å². The Morgan fingerprint density at radius 1 is 1.58 bits per heavy atom. The Hall–Kier alpha value is 0.1000. The smallest absolute Gasteiger partial charge is 0.186 e. The van der Waals surface area contributed by atoms with Crippen LogP contribution in [0.3, 0.4) is 0 Å². The van der Waals surface area contributed by atoms with E-state index >= 15 is 0 Å². The normalized spacial score (nSPS) is 12.9. The zero-order valence-corrected chi connectivity index (χ0v) is 9.12. The molecule has 0 saturated carbocycles. The minimum absolute atomic E-state index is 0.399. The molecule has 1 atom stereocenters. The van der Waals surface area contributed by atoms with Gasteiger partial charge in [0.05, 0.1) is 4.90 Å². The molecule has 0 spiro atoms. The third-order valence-corrected chi connectivity index (χ3v) is 2.97. The summed E-state index contributed by atoms with van der Waals surface area (Å²) in [6.07, 6.45) is 0. The molecule has 0 radical (unpaired) electrons. The summed E-state index contributed by atoms with van der Waals surface area (Å²) in [5, 5.41) is 1.09. The summed E-state index contributed by atoms with van der Waals surface area (Å²) >= 11 is 6.97. The molecule has 1 unspecified atom stereocenters. The van der Waals surface area contributed by atoms with Crippen LogP contribution in [0, 0.1) is 0 Å². The molecule has 0 saturated heterocycles. The van der Waals surface area contributed by atoms with Crippen molar-refractivity contribution in [2.24, 2.45) is 0 Å². The van der Waals surface area contributed by atoms with Crippen LogP contribution in [0.15, 0.2) is 23.1 Å². The highest BCUT2D eigenvalue weighted by Gasteiger charge is 2.06. The molecule has 2 nitrogen and oxygen atoms in total. The van der Waals surface area contributed by atoms with E-state index in [4.69, 9.17) is 16.2 Å². The molecular formula is C7H6BrClO2S. The molecule has 12 heavy (non-hydrogen) atoms. The second kappa shape index (κ2) is 4.37. The Labute approximate surface area is 86.3 Å². The molecule has 1 N–H and O–H groups in total. The summed E-state index contributed by atoms with van der Waals surface area (Å²) in [5.74, 6) is 0. The summed E-state index contributed by atoms with van der Waals surface area (Å²) < 4.78 is 19.6. The topological polar surface area (TPSA) is 37.3 Å². The van der Waals surface area contributed by atoms with Gasteiger partial charge in [-0.2, -0.15) is 0 Å². The van der Waals surface area contributed by atoms with E-state index in [0.29, 0.717) is 15.2 Å². The van der Waals surface area contributed by atoms with E-state index in [1.54, 1.807) is 18.2 Å². The molecule has 0 fully saturated rings. The largest absolute Gasteiger partial charge is 0.302 e. The quantitative estimate of drug-likeness (QED) is 0.662. The molecule has 0 aromatic heterocycles. The average molecular weight is 270 g/mol. The summed E-state index contributed by atoms with van der Waals surface area (Å²) in [6.45, 7) is 0. The molecule has 0 amide bonds. The van der Waals surface area contributed by atoms with Gasteiger partial charge in [0.25, 0.3) is 0 Å². The maximum atomic E-state index is 10.7. The van der Waals surface area contributed by atoms with E-state index in [2.05, 4.69) is 15.9 Å². The van der Waals surface area contributed by atoms with Crippen LogP contribution in [0.25, 0.3) is 0 Å². The van der Waals surface area contributed by atoms with Gasteiger partial charge in [-0.1, -0.05) is 27.5 Å². The van der Waals surface area contributed by atoms with Gasteiger partial charge in [-0.3, -0.25) is 0 Å². The molecule has 66 valence electrons. The predicted octanol–water partition coefficient (Wildman–Crippen LogP) is 2.82. The highest BCUT2D eigenvalue weighted by molar-refractivity contribution is 9.08. The van der Waals surface area contributed by atoms with Gasteiger partial charge < -0.3 is 4.55 Å². The Kier molecular flexibility index (Phi) is 3.71. The number of benzene rings is 1. The first kappa shape index (κ1) is 10.2. The number of halogens is 2. The van der Waals surface area contributed by atoms with Crippen molar-refractivity contribution in [2.75, 3.05) is 0 Å². The maximum absolute atomic E-state index is 10.7. The van der Waals surface area contributed by atoms with Crippen LogP contribution in [-0.4, -0.2) is 8.76 Å². The van der Waals surface area contributed by atoms with Crippen LogP contribution in [0.4, 0.5) is 0 Å². The number of hydrogen-bond acceptors (Lipinski definition) is 1. The van der Waals surface area contributed by atoms with Gasteiger partial charge in [-0.25, -0.2) is 4.21 Å². The van der Waals surface area contributed by atoms with E-state index in [0.717, 1.165) is 5.56 Å². The van der Waals surface area contributed by atoms with Gasteiger partial charge in [-0.15, -0.1) is 0 Å². The highest BCUT2D eigenvalue weighted by atomic mass is 79.9. The Morgan fingerprint density at radius 3 is 2.75 bits per heavy atom. The maximum Gasteiger partial charge on any atom is 0.186 e. The van der Waals surface area contributed by atoms with E-state index in [1.807, 2.05) is 0 Å². The van der Waals surface area contributed by atoms with Crippen molar-refractivity contribution in [1.29, 1.82) is 0 Å². The summed E-state index contributed by atoms with van der Waals surface area (Å²) in [4.78, 5) is 0.399. The Balaban J connectivity index is 3.20. The van der Waals surface area contributed by atoms with Crippen molar-refractivity contribution in [3.05, 3.63) is 28.8 Å². The van der Waals surface area contributed by atoms with Crippen molar-refractivity contribution in [1.82, 2.24) is 0 Å². The van der Waals surface area contributed by atoms with Gasteiger partial charge in [0.2, 0.25) is 0 Å². The van der Waals surface area contributed by atoms with E-state index in [1.165, 1.54) is 0 Å². The third kappa shape index (κ3) is 2.29. The first-order valence-corrected chi connectivity index (χ1v) is 5.71. The predicted molar refractivity (Wildman–Crippen MR) is 53.1 cm³/mol. The van der Waals surface area contributed by atoms with Gasteiger partial charge in [0.1, 0.15) is 0 Å². The zero-order valence-electron chi connectivity index (χ0n) is 5.96. The van der Waals surface area contributed by atoms with Crippen molar-refractivity contribution in [2.45, 2.75) is 10.2 Å². The van der Waals surface area contributed by atoms with E-state index in [9.17, 15) is 4.21 Å². The van der Waals surface area contributed by atoms with Crippen LogP contribution in [-0.2, 0) is 16.4 Å². The van der Waals surface area contributed by atoms with Crippen molar-refractivity contribution < 1.29 is 8.76 Å². The Bertz CT molecular complexity index is 316. The summed E-state index contributed by atoms with van der Waals surface area (Å²) in [6, 6.07) is 4.81. The zero-order chi connectivity index (χ0) is 9.14.